The molecular weight excluding hydrogens is 595 g/mol. The molecule has 0 bridgehead atoms. The number of hydrogen-bond acceptors (Lipinski definition) is 5. The van der Waals surface area contributed by atoms with E-state index in [1.165, 1.54) is 55.5 Å². The minimum atomic E-state index is -5.43. The minimum Gasteiger partial charge on any atom is -0.366 e. The van der Waals surface area contributed by atoms with Gasteiger partial charge in [-0.1, -0.05) is 91.0 Å². The third kappa shape index (κ3) is 7.35. The molecule has 0 fully saturated rings. The molecule has 0 spiro atoms. The van der Waals surface area contributed by atoms with Gasteiger partial charge < -0.3 is 26.2 Å². The van der Waals surface area contributed by atoms with Crippen LogP contribution in [-0.2, 0) is 30.6 Å². The molecule has 11 nitrogen and oxygen atoms in total. The standard InChI is InChI=1S/C33H33N4O7P/c1-23(38)35-22-30(39)36-29(21-24-11-5-2-6-12-24)32(41)37(28-15-9-4-10-16-28)33(45(42,43)44,26-13-7-3-8-14-26)27-19-17-25(18-20-27)31(34)40/h2-20,29H,21-22H2,1H3,(H2,34,40)(H,35,38)(H,36,39)(H2,42,43,44)/t29-,33?/m1/s1. The van der Waals surface area contributed by atoms with Crippen molar-refractivity contribution in [2.75, 3.05) is 11.4 Å². The number of amides is 4. The summed E-state index contributed by atoms with van der Waals surface area (Å²) in [4.78, 5) is 75.1. The van der Waals surface area contributed by atoms with Crippen LogP contribution in [0.2, 0.25) is 0 Å². The molecule has 4 aromatic rings. The van der Waals surface area contributed by atoms with Gasteiger partial charge in [0.15, 0.2) is 5.28 Å². The van der Waals surface area contributed by atoms with Crippen molar-refractivity contribution in [3.63, 3.8) is 0 Å². The molecule has 4 amide bonds. The average Bonchev–Trinajstić information content (AvgIpc) is 3.03. The number of primary amides is 1. The van der Waals surface area contributed by atoms with Gasteiger partial charge in [0.1, 0.15) is 6.04 Å². The van der Waals surface area contributed by atoms with E-state index in [9.17, 15) is 33.5 Å². The predicted molar refractivity (Wildman–Crippen MR) is 169 cm³/mol. The molecule has 12 heteroatoms. The van der Waals surface area contributed by atoms with Gasteiger partial charge in [-0.25, -0.2) is 0 Å². The van der Waals surface area contributed by atoms with E-state index < -0.39 is 49.1 Å². The quantitative estimate of drug-likeness (QED) is 0.150. The van der Waals surface area contributed by atoms with Crippen molar-refractivity contribution in [3.8, 4) is 0 Å². The normalized spacial score (nSPS) is 13.1. The van der Waals surface area contributed by atoms with Crippen molar-refractivity contribution in [3.05, 3.63) is 138 Å². The molecule has 45 heavy (non-hydrogen) atoms. The first-order valence-corrected chi connectivity index (χ1v) is 15.5. The summed E-state index contributed by atoms with van der Waals surface area (Å²) >= 11 is 0. The zero-order valence-corrected chi connectivity index (χ0v) is 25.3. The summed E-state index contributed by atoms with van der Waals surface area (Å²) in [7, 11) is -5.43. The molecule has 232 valence electrons. The summed E-state index contributed by atoms with van der Waals surface area (Å²) in [5, 5.41) is 2.59. The molecule has 0 saturated carbocycles. The van der Waals surface area contributed by atoms with Gasteiger partial charge in [0, 0.05) is 24.6 Å². The Balaban J connectivity index is 2.01. The maximum atomic E-state index is 14.9. The van der Waals surface area contributed by atoms with E-state index in [0.717, 1.165) is 4.90 Å². The number of para-hydroxylation sites is 1. The maximum Gasteiger partial charge on any atom is 0.360 e. The van der Waals surface area contributed by atoms with Gasteiger partial charge in [0.05, 0.1) is 6.54 Å². The van der Waals surface area contributed by atoms with Crippen LogP contribution in [0.5, 0.6) is 0 Å². The van der Waals surface area contributed by atoms with Gasteiger partial charge in [-0.15, -0.1) is 0 Å². The Hall–Kier alpha value is -5.09. The number of nitrogens with one attached hydrogen (secondary N) is 2. The van der Waals surface area contributed by atoms with E-state index in [1.807, 2.05) is 0 Å². The van der Waals surface area contributed by atoms with Crippen LogP contribution in [0.3, 0.4) is 0 Å². The summed E-state index contributed by atoms with van der Waals surface area (Å²) < 4.78 is 14.0. The fourth-order valence-corrected chi connectivity index (χ4v) is 6.58. The molecule has 4 rings (SSSR count). The lowest BCUT2D eigenvalue weighted by atomic mass is 9.92. The van der Waals surface area contributed by atoms with Crippen molar-refractivity contribution in [2.45, 2.75) is 24.7 Å². The minimum absolute atomic E-state index is 0.00716. The Labute approximate surface area is 260 Å². The van der Waals surface area contributed by atoms with Crippen LogP contribution in [-0.4, -0.2) is 46.0 Å². The molecule has 1 unspecified atom stereocenters. The molecule has 0 heterocycles. The van der Waals surface area contributed by atoms with E-state index in [4.69, 9.17) is 5.73 Å². The largest absolute Gasteiger partial charge is 0.366 e. The second kappa shape index (κ2) is 14.1. The van der Waals surface area contributed by atoms with Crippen LogP contribution in [0.4, 0.5) is 5.69 Å². The number of benzene rings is 4. The summed E-state index contributed by atoms with van der Waals surface area (Å²) in [6.07, 6.45) is -0.0402. The summed E-state index contributed by atoms with van der Waals surface area (Å²) in [5.74, 6) is -2.72. The van der Waals surface area contributed by atoms with Crippen molar-refractivity contribution in [1.29, 1.82) is 0 Å². The summed E-state index contributed by atoms with van der Waals surface area (Å²) in [6.45, 7) is 0.824. The molecule has 0 aliphatic heterocycles. The van der Waals surface area contributed by atoms with E-state index in [0.29, 0.717) is 5.56 Å². The van der Waals surface area contributed by atoms with E-state index in [-0.39, 0.29) is 28.8 Å². The van der Waals surface area contributed by atoms with E-state index in [2.05, 4.69) is 10.6 Å². The number of carbonyl (C=O) groups excluding carboxylic acids is 4. The van der Waals surface area contributed by atoms with Crippen LogP contribution in [0.15, 0.2) is 115 Å². The monoisotopic (exact) mass is 628 g/mol. The highest BCUT2D eigenvalue weighted by atomic mass is 31.2. The maximum absolute atomic E-state index is 14.9. The molecule has 6 N–H and O–H groups in total. The number of nitrogens with zero attached hydrogens (tertiary/aromatic N) is 1. The van der Waals surface area contributed by atoms with Crippen LogP contribution >= 0.6 is 7.60 Å². The van der Waals surface area contributed by atoms with E-state index in [1.54, 1.807) is 66.7 Å². The van der Waals surface area contributed by atoms with Crippen LogP contribution in [0, 0.1) is 0 Å². The number of carbonyl (C=O) groups is 4. The highest BCUT2D eigenvalue weighted by molar-refractivity contribution is 7.53. The summed E-state index contributed by atoms with van der Waals surface area (Å²) in [6, 6.07) is 28.6. The number of hydrogen-bond donors (Lipinski definition) is 5. The fourth-order valence-electron chi connectivity index (χ4n) is 5.14. The molecule has 0 saturated heterocycles. The van der Waals surface area contributed by atoms with Crippen LogP contribution in [0.1, 0.15) is 34.0 Å². The van der Waals surface area contributed by atoms with Crippen LogP contribution in [0.25, 0.3) is 0 Å². The third-order valence-electron chi connectivity index (χ3n) is 7.14. The molecule has 0 aliphatic rings. The lowest BCUT2D eigenvalue weighted by Crippen LogP contribution is -2.58. The SMILES string of the molecule is CC(=O)NCC(=O)N[C@H](Cc1ccccc1)C(=O)N(c1ccccc1)C(c1ccccc1)(c1ccc(C(N)=O)cc1)P(=O)(O)O. The molecule has 0 aromatic heterocycles. The highest BCUT2D eigenvalue weighted by Gasteiger charge is 2.58. The third-order valence-corrected chi connectivity index (χ3v) is 8.70. The Kier molecular flexibility index (Phi) is 10.3. The van der Waals surface area contributed by atoms with Gasteiger partial charge in [-0.3, -0.25) is 28.6 Å². The fraction of sp³-hybridized carbons (Fsp3) is 0.152. The first-order chi connectivity index (χ1) is 21.4. The Morgan fingerprint density at radius 3 is 1.82 bits per heavy atom. The summed E-state index contributed by atoms with van der Waals surface area (Å²) in [5.41, 5.74) is 6.40. The zero-order chi connectivity index (χ0) is 32.6. The van der Waals surface area contributed by atoms with Crippen LogP contribution < -0.4 is 21.3 Å². The highest BCUT2D eigenvalue weighted by Crippen LogP contribution is 2.63. The zero-order valence-electron chi connectivity index (χ0n) is 24.4. The van der Waals surface area contributed by atoms with Gasteiger partial charge >= 0.3 is 7.60 Å². The lowest BCUT2D eigenvalue weighted by molar-refractivity contribution is -0.128. The molecule has 0 aliphatic carbocycles. The second-order valence-electron chi connectivity index (χ2n) is 10.3. The number of anilines is 1. The Bertz CT molecular complexity index is 1700. The first kappa shape index (κ1) is 32.8. The second-order valence-corrected chi connectivity index (χ2v) is 12.0. The lowest BCUT2D eigenvalue weighted by Gasteiger charge is -2.46. The van der Waals surface area contributed by atoms with Crippen molar-refractivity contribution in [2.24, 2.45) is 5.73 Å². The smallest absolute Gasteiger partial charge is 0.360 e. The van der Waals surface area contributed by atoms with Crippen molar-refractivity contribution in [1.82, 2.24) is 10.6 Å². The Morgan fingerprint density at radius 2 is 1.31 bits per heavy atom. The van der Waals surface area contributed by atoms with Gasteiger partial charge in [-0.2, -0.15) is 0 Å². The van der Waals surface area contributed by atoms with Crippen molar-refractivity contribution < 1.29 is 33.5 Å². The van der Waals surface area contributed by atoms with Gasteiger partial charge in [-0.05, 0) is 41.0 Å². The van der Waals surface area contributed by atoms with Crippen molar-refractivity contribution >= 4 is 36.9 Å². The molecule has 2 atom stereocenters. The molecule has 4 aromatic carbocycles. The first-order valence-electron chi connectivity index (χ1n) is 13.9. The molecule has 0 radical (unpaired) electrons. The topological polar surface area (TPSA) is 179 Å². The predicted octanol–water partition coefficient (Wildman–Crippen LogP) is 3.06. The average molecular weight is 629 g/mol. The molecular formula is C33H33N4O7P. The van der Waals surface area contributed by atoms with Gasteiger partial charge in [0.25, 0.3) is 5.91 Å². The van der Waals surface area contributed by atoms with E-state index >= 15 is 0 Å². The number of nitrogens with two attached hydrogens (primary N) is 1. The number of rotatable bonds is 12. The van der Waals surface area contributed by atoms with Gasteiger partial charge in [0.2, 0.25) is 17.7 Å². The Morgan fingerprint density at radius 1 is 0.800 bits per heavy atom.